The molecule has 0 aliphatic rings. The van der Waals surface area contributed by atoms with Crippen LogP contribution in [0, 0.1) is 18.3 Å². The molecule has 180 valence electrons. The van der Waals surface area contributed by atoms with E-state index in [0.29, 0.717) is 5.56 Å². The van der Waals surface area contributed by atoms with Gasteiger partial charge in [-0.15, -0.1) is 0 Å². The number of aromatic nitrogens is 1. The highest BCUT2D eigenvalue weighted by Crippen LogP contribution is 2.41. The number of hydrogen-bond acceptors (Lipinski definition) is 1. The van der Waals surface area contributed by atoms with Gasteiger partial charge in [-0.3, -0.25) is 0 Å². The summed E-state index contributed by atoms with van der Waals surface area (Å²) in [4.78, 5) is 0. The minimum atomic E-state index is 0.0593. The van der Waals surface area contributed by atoms with E-state index in [1.54, 1.807) is 0 Å². The third-order valence-corrected chi connectivity index (χ3v) is 7.24. The standard InChI is InChI=1S/C34H34N2/c1-22-17-23(21-35)18-27(24-11-9-8-10-12-24)32(22)36-30-15-13-25(33(2,3)4)19-28(30)29-20-26(34(5,6)7)14-16-31(29)36/h8-20H,1-7H3. The molecule has 0 radical (unpaired) electrons. The lowest BCUT2D eigenvalue weighted by molar-refractivity contribution is 0.590. The maximum absolute atomic E-state index is 9.76. The van der Waals surface area contributed by atoms with Crippen molar-refractivity contribution in [2.24, 2.45) is 0 Å². The van der Waals surface area contributed by atoms with E-state index in [0.717, 1.165) is 22.4 Å². The lowest BCUT2D eigenvalue weighted by Crippen LogP contribution is -2.10. The van der Waals surface area contributed by atoms with Crippen molar-refractivity contribution in [2.45, 2.75) is 59.3 Å². The first-order valence-corrected chi connectivity index (χ1v) is 12.7. The van der Waals surface area contributed by atoms with Crippen LogP contribution in [0.4, 0.5) is 0 Å². The van der Waals surface area contributed by atoms with Crippen LogP contribution in [0.15, 0.2) is 78.9 Å². The van der Waals surface area contributed by atoms with Gasteiger partial charge in [-0.25, -0.2) is 0 Å². The molecular weight excluding hydrogens is 436 g/mol. The second-order valence-electron chi connectivity index (χ2n) is 12.0. The molecule has 1 heterocycles. The van der Waals surface area contributed by atoms with Crippen molar-refractivity contribution in [1.82, 2.24) is 4.57 Å². The van der Waals surface area contributed by atoms with Crippen LogP contribution in [0.1, 0.15) is 63.8 Å². The van der Waals surface area contributed by atoms with Crippen molar-refractivity contribution in [3.63, 3.8) is 0 Å². The third kappa shape index (κ3) is 3.99. The summed E-state index contributed by atoms with van der Waals surface area (Å²) in [6.07, 6.45) is 0. The largest absolute Gasteiger partial charge is 0.308 e. The molecule has 0 N–H and O–H groups in total. The van der Waals surface area contributed by atoms with E-state index in [9.17, 15) is 5.26 Å². The van der Waals surface area contributed by atoms with Gasteiger partial charge in [-0.05, 0) is 76.4 Å². The number of benzene rings is 4. The molecule has 4 aromatic carbocycles. The predicted molar refractivity (Wildman–Crippen MR) is 153 cm³/mol. The van der Waals surface area contributed by atoms with Gasteiger partial charge in [-0.1, -0.05) is 84.0 Å². The zero-order valence-electron chi connectivity index (χ0n) is 22.4. The highest BCUT2D eigenvalue weighted by Gasteiger charge is 2.23. The van der Waals surface area contributed by atoms with Gasteiger partial charge in [0.1, 0.15) is 0 Å². The van der Waals surface area contributed by atoms with Crippen LogP contribution >= 0.6 is 0 Å². The Hall–Kier alpha value is -3.83. The van der Waals surface area contributed by atoms with Gasteiger partial charge in [0.05, 0.1) is 28.4 Å². The topological polar surface area (TPSA) is 28.7 Å². The Balaban J connectivity index is 1.95. The van der Waals surface area contributed by atoms with E-state index in [4.69, 9.17) is 0 Å². The molecule has 0 saturated heterocycles. The SMILES string of the molecule is Cc1cc(C#N)cc(-c2ccccc2)c1-n1c2ccc(C(C)(C)C)cc2c2cc(C(C)(C)C)ccc21. The average molecular weight is 471 g/mol. The summed E-state index contributed by atoms with van der Waals surface area (Å²) in [7, 11) is 0. The van der Waals surface area contributed by atoms with E-state index in [-0.39, 0.29) is 10.8 Å². The molecule has 5 rings (SSSR count). The molecule has 0 unspecified atom stereocenters. The Kier molecular flexibility index (Phi) is 5.56. The van der Waals surface area contributed by atoms with E-state index in [2.05, 4.69) is 120 Å². The van der Waals surface area contributed by atoms with Crippen LogP contribution < -0.4 is 0 Å². The van der Waals surface area contributed by atoms with Gasteiger partial charge in [0.25, 0.3) is 0 Å². The maximum Gasteiger partial charge on any atom is 0.0991 e. The molecule has 5 aromatic rings. The van der Waals surface area contributed by atoms with Gasteiger partial charge in [-0.2, -0.15) is 5.26 Å². The average Bonchev–Trinajstić information content (AvgIpc) is 3.16. The zero-order chi connectivity index (χ0) is 25.8. The summed E-state index contributed by atoms with van der Waals surface area (Å²) in [5.74, 6) is 0. The van der Waals surface area contributed by atoms with Crippen molar-refractivity contribution in [3.8, 4) is 22.9 Å². The number of aryl methyl sites for hydroxylation is 1. The van der Waals surface area contributed by atoms with Crippen LogP contribution in [-0.2, 0) is 10.8 Å². The number of nitrogens with zero attached hydrogens (tertiary/aromatic N) is 2. The molecule has 0 saturated carbocycles. The molecule has 0 aliphatic heterocycles. The Morgan fingerprint density at radius 3 is 1.67 bits per heavy atom. The van der Waals surface area contributed by atoms with E-state index in [1.165, 1.54) is 32.9 Å². The second-order valence-corrected chi connectivity index (χ2v) is 12.0. The minimum Gasteiger partial charge on any atom is -0.308 e. The normalized spacial score (nSPS) is 12.3. The van der Waals surface area contributed by atoms with Crippen LogP contribution in [-0.4, -0.2) is 4.57 Å². The molecule has 1 aromatic heterocycles. The van der Waals surface area contributed by atoms with Crippen LogP contribution in [0.2, 0.25) is 0 Å². The molecule has 2 heteroatoms. The monoisotopic (exact) mass is 470 g/mol. The Bertz CT molecular complexity index is 1580. The number of nitriles is 1. The quantitative estimate of drug-likeness (QED) is 0.253. The van der Waals surface area contributed by atoms with Gasteiger partial charge in [0.2, 0.25) is 0 Å². The fourth-order valence-corrected chi connectivity index (χ4v) is 5.18. The number of rotatable bonds is 2. The van der Waals surface area contributed by atoms with Gasteiger partial charge in [0, 0.05) is 16.3 Å². The molecule has 0 aliphatic carbocycles. The van der Waals surface area contributed by atoms with Crippen molar-refractivity contribution >= 4 is 21.8 Å². The van der Waals surface area contributed by atoms with Crippen molar-refractivity contribution in [1.29, 1.82) is 5.26 Å². The summed E-state index contributed by atoms with van der Waals surface area (Å²) in [5.41, 5.74) is 10.2. The molecule has 0 bridgehead atoms. The Labute approximate surface area is 214 Å². The summed E-state index contributed by atoms with van der Waals surface area (Å²) in [6.45, 7) is 15.7. The van der Waals surface area contributed by atoms with Crippen molar-refractivity contribution in [2.75, 3.05) is 0 Å². The smallest absolute Gasteiger partial charge is 0.0991 e. The first-order chi connectivity index (χ1) is 17.0. The van der Waals surface area contributed by atoms with Crippen LogP contribution in [0.3, 0.4) is 0 Å². The fourth-order valence-electron chi connectivity index (χ4n) is 5.18. The molecule has 0 spiro atoms. The molecular formula is C34H34N2. The van der Waals surface area contributed by atoms with Crippen molar-refractivity contribution < 1.29 is 0 Å². The van der Waals surface area contributed by atoms with Gasteiger partial charge in [0.15, 0.2) is 0 Å². The van der Waals surface area contributed by atoms with Gasteiger partial charge >= 0.3 is 0 Å². The lowest BCUT2D eigenvalue weighted by Gasteiger charge is -2.20. The summed E-state index contributed by atoms with van der Waals surface area (Å²) in [5, 5.41) is 12.3. The summed E-state index contributed by atoms with van der Waals surface area (Å²) >= 11 is 0. The summed E-state index contributed by atoms with van der Waals surface area (Å²) < 4.78 is 2.41. The molecule has 0 fully saturated rings. The second kappa shape index (κ2) is 8.38. The maximum atomic E-state index is 9.76. The van der Waals surface area contributed by atoms with E-state index >= 15 is 0 Å². The first kappa shape index (κ1) is 23.9. The molecule has 2 nitrogen and oxygen atoms in total. The third-order valence-electron chi connectivity index (χ3n) is 7.24. The Morgan fingerprint density at radius 2 is 1.19 bits per heavy atom. The minimum absolute atomic E-state index is 0.0593. The Morgan fingerprint density at radius 1 is 0.667 bits per heavy atom. The highest BCUT2D eigenvalue weighted by molar-refractivity contribution is 6.10. The van der Waals surface area contributed by atoms with E-state index < -0.39 is 0 Å². The molecule has 0 amide bonds. The molecule has 0 atom stereocenters. The van der Waals surface area contributed by atoms with Crippen LogP contribution in [0.5, 0.6) is 0 Å². The van der Waals surface area contributed by atoms with Gasteiger partial charge < -0.3 is 4.57 Å². The molecule has 36 heavy (non-hydrogen) atoms. The number of hydrogen-bond donors (Lipinski definition) is 0. The van der Waals surface area contributed by atoms with E-state index in [1.807, 2.05) is 18.2 Å². The van der Waals surface area contributed by atoms with Crippen LogP contribution in [0.25, 0.3) is 38.6 Å². The lowest BCUT2D eigenvalue weighted by atomic mass is 9.85. The number of fused-ring (bicyclic) bond motifs is 3. The van der Waals surface area contributed by atoms with Crippen molar-refractivity contribution in [3.05, 3.63) is 101 Å². The first-order valence-electron chi connectivity index (χ1n) is 12.7. The highest BCUT2D eigenvalue weighted by atomic mass is 15.0. The summed E-state index contributed by atoms with van der Waals surface area (Å²) in [6, 6.07) is 30.7. The fraction of sp³-hybridized carbons (Fsp3) is 0.265. The predicted octanol–water partition coefficient (Wildman–Crippen LogP) is 9.23. The zero-order valence-corrected chi connectivity index (χ0v) is 22.4.